The number of hydrogen-bond donors (Lipinski definition) is 1. The van der Waals surface area contributed by atoms with Crippen LogP contribution in [0.15, 0.2) is 33.5 Å². The molecule has 0 atom stereocenters. The molecule has 0 aliphatic heterocycles. The fourth-order valence-corrected chi connectivity index (χ4v) is 1.93. The summed E-state index contributed by atoms with van der Waals surface area (Å²) in [5.41, 5.74) is 0.914. The SMILES string of the molecule is O=[N+]([O-])c1cc(CNCCc2ncno2)ccc1Br. The van der Waals surface area contributed by atoms with Gasteiger partial charge in [0.15, 0.2) is 6.33 Å². The first-order valence-electron chi connectivity index (χ1n) is 5.56. The second-order valence-electron chi connectivity index (χ2n) is 3.80. The molecule has 0 radical (unpaired) electrons. The highest BCUT2D eigenvalue weighted by Gasteiger charge is 2.11. The molecule has 0 spiro atoms. The molecule has 1 aromatic carbocycles. The Hall–Kier alpha value is -1.80. The highest BCUT2D eigenvalue weighted by atomic mass is 79.9. The molecule has 2 rings (SSSR count). The average molecular weight is 327 g/mol. The van der Waals surface area contributed by atoms with E-state index in [2.05, 4.69) is 31.4 Å². The molecule has 1 aromatic heterocycles. The number of halogens is 1. The third-order valence-corrected chi connectivity index (χ3v) is 3.13. The number of rotatable bonds is 6. The number of nitro groups is 1. The largest absolute Gasteiger partial charge is 0.340 e. The Morgan fingerprint density at radius 3 is 3.00 bits per heavy atom. The van der Waals surface area contributed by atoms with Gasteiger partial charge in [-0.3, -0.25) is 10.1 Å². The summed E-state index contributed by atoms with van der Waals surface area (Å²) in [6.45, 7) is 1.20. The van der Waals surface area contributed by atoms with Crippen LogP contribution in [0.1, 0.15) is 11.5 Å². The van der Waals surface area contributed by atoms with Crippen LogP contribution in [-0.2, 0) is 13.0 Å². The van der Waals surface area contributed by atoms with Gasteiger partial charge >= 0.3 is 0 Å². The summed E-state index contributed by atoms with van der Waals surface area (Å²) in [4.78, 5) is 14.3. The molecule has 0 aliphatic rings. The Morgan fingerprint density at radius 1 is 1.47 bits per heavy atom. The third-order valence-electron chi connectivity index (χ3n) is 2.46. The van der Waals surface area contributed by atoms with E-state index in [1.807, 2.05) is 6.07 Å². The van der Waals surface area contributed by atoms with Crippen molar-refractivity contribution in [3.05, 3.63) is 50.6 Å². The number of benzene rings is 1. The summed E-state index contributed by atoms with van der Waals surface area (Å²) in [7, 11) is 0. The summed E-state index contributed by atoms with van der Waals surface area (Å²) in [5, 5.41) is 17.5. The van der Waals surface area contributed by atoms with Gasteiger partial charge < -0.3 is 9.84 Å². The molecule has 0 fully saturated rings. The first-order valence-corrected chi connectivity index (χ1v) is 6.35. The van der Waals surface area contributed by atoms with Crippen molar-refractivity contribution < 1.29 is 9.45 Å². The lowest BCUT2D eigenvalue weighted by atomic mass is 10.2. The molecule has 0 bridgehead atoms. The predicted octanol–water partition coefficient (Wildman–Crippen LogP) is 2.07. The van der Waals surface area contributed by atoms with Crippen molar-refractivity contribution in [2.45, 2.75) is 13.0 Å². The second kappa shape index (κ2) is 6.39. The lowest BCUT2D eigenvalue weighted by Gasteiger charge is -2.04. The smallest absolute Gasteiger partial charge is 0.283 e. The highest BCUT2D eigenvalue weighted by Crippen LogP contribution is 2.25. The van der Waals surface area contributed by atoms with Gasteiger partial charge in [-0.1, -0.05) is 11.2 Å². The molecule has 0 saturated carbocycles. The Balaban J connectivity index is 1.86. The molecule has 0 amide bonds. The van der Waals surface area contributed by atoms with Crippen molar-refractivity contribution >= 4 is 21.6 Å². The summed E-state index contributed by atoms with van der Waals surface area (Å²) in [5.74, 6) is 0.564. The molecule has 19 heavy (non-hydrogen) atoms. The molecule has 7 nitrogen and oxygen atoms in total. The van der Waals surface area contributed by atoms with Crippen LogP contribution in [0.2, 0.25) is 0 Å². The normalized spacial score (nSPS) is 10.6. The maximum absolute atomic E-state index is 10.8. The van der Waals surface area contributed by atoms with Crippen LogP contribution in [0.25, 0.3) is 0 Å². The van der Waals surface area contributed by atoms with E-state index in [1.54, 1.807) is 12.1 Å². The second-order valence-corrected chi connectivity index (χ2v) is 4.66. The molecule has 1 heterocycles. The molecule has 0 aliphatic carbocycles. The molecule has 2 aromatic rings. The van der Waals surface area contributed by atoms with Crippen molar-refractivity contribution in [1.29, 1.82) is 0 Å². The average Bonchev–Trinajstić information content (AvgIpc) is 2.89. The van der Waals surface area contributed by atoms with Crippen LogP contribution in [0.3, 0.4) is 0 Å². The maximum atomic E-state index is 10.8. The topological polar surface area (TPSA) is 94.1 Å². The first-order chi connectivity index (χ1) is 9.16. The van der Waals surface area contributed by atoms with E-state index >= 15 is 0 Å². The fourth-order valence-electron chi connectivity index (χ4n) is 1.54. The van der Waals surface area contributed by atoms with Gasteiger partial charge in [0.1, 0.15) is 0 Å². The van der Waals surface area contributed by atoms with E-state index in [9.17, 15) is 10.1 Å². The van der Waals surface area contributed by atoms with Gasteiger partial charge in [-0.25, -0.2) is 0 Å². The summed E-state index contributed by atoms with van der Waals surface area (Å²) >= 11 is 3.15. The lowest BCUT2D eigenvalue weighted by Crippen LogP contribution is -2.16. The molecule has 0 saturated heterocycles. The van der Waals surface area contributed by atoms with E-state index in [0.717, 1.165) is 5.56 Å². The van der Waals surface area contributed by atoms with Gasteiger partial charge in [-0.15, -0.1) is 0 Å². The first kappa shape index (κ1) is 13.6. The van der Waals surface area contributed by atoms with E-state index < -0.39 is 4.92 Å². The van der Waals surface area contributed by atoms with Crippen LogP contribution >= 0.6 is 15.9 Å². The number of nitrogens with zero attached hydrogens (tertiary/aromatic N) is 3. The van der Waals surface area contributed by atoms with Crippen molar-refractivity contribution in [2.75, 3.05) is 6.54 Å². The van der Waals surface area contributed by atoms with Gasteiger partial charge in [0.25, 0.3) is 5.69 Å². The van der Waals surface area contributed by atoms with E-state index in [4.69, 9.17) is 4.52 Å². The molecular weight excluding hydrogens is 316 g/mol. The molecule has 8 heteroatoms. The predicted molar refractivity (Wildman–Crippen MR) is 70.5 cm³/mol. The number of hydrogen-bond acceptors (Lipinski definition) is 6. The lowest BCUT2D eigenvalue weighted by molar-refractivity contribution is -0.385. The van der Waals surface area contributed by atoms with Crippen molar-refractivity contribution in [1.82, 2.24) is 15.5 Å². The minimum atomic E-state index is -0.411. The Morgan fingerprint density at radius 2 is 2.32 bits per heavy atom. The van der Waals surface area contributed by atoms with Gasteiger partial charge in [-0.05, 0) is 27.6 Å². The molecular formula is C11H11BrN4O3. The van der Waals surface area contributed by atoms with Crippen LogP contribution in [0.5, 0.6) is 0 Å². The zero-order valence-electron chi connectivity index (χ0n) is 9.88. The quantitative estimate of drug-likeness (QED) is 0.496. The van der Waals surface area contributed by atoms with Crippen LogP contribution in [0, 0.1) is 10.1 Å². The zero-order chi connectivity index (χ0) is 13.7. The standard InChI is InChI=1S/C11H11BrN4O3/c12-9-2-1-8(5-10(9)16(17)18)6-13-4-3-11-14-7-15-19-11/h1-2,5,7,13H,3-4,6H2. The minimum Gasteiger partial charge on any atom is -0.340 e. The minimum absolute atomic E-state index is 0.0659. The maximum Gasteiger partial charge on any atom is 0.283 e. The molecule has 1 N–H and O–H groups in total. The Bertz CT molecular complexity index is 559. The van der Waals surface area contributed by atoms with Crippen LogP contribution in [-0.4, -0.2) is 21.6 Å². The molecule has 100 valence electrons. The van der Waals surface area contributed by atoms with E-state index in [1.165, 1.54) is 6.33 Å². The monoisotopic (exact) mass is 326 g/mol. The summed E-state index contributed by atoms with van der Waals surface area (Å²) in [6, 6.07) is 5.05. The third kappa shape index (κ3) is 3.83. The summed E-state index contributed by atoms with van der Waals surface area (Å²) in [6.07, 6.45) is 1.98. The van der Waals surface area contributed by atoms with E-state index in [-0.39, 0.29) is 5.69 Å². The van der Waals surface area contributed by atoms with E-state index in [0.29, 0.717) is 29.9 Å². The Labute approximate surface area is 117 Å². The van der Waals surface area contributed by atoms with Crippen molar-refractivity contribution in [3.63, 3.8) is 0 Å². The summed E-state index contributed by atoms with van der Waals surface area (Å²) < 4.78 is 5.33. The number of nitro benzene ring substituents is 1. The van der Waals surface area contributed by atoms with Crippen LogP contribution < -0.4 is 5.32 Å². The van der Waals surface area contributed by atoms with Gasteiger partial charge in [0.05, 0.1) is 9.40 Å². The molecule has 0 unspecified atom stereocenters. The van der Waals surface area contributed by atoms with Crippen molar-refractivity contribution in [3.8, 4) is 0 Å². The van der Waals surface area contributed by atoms with Gasteiger partial charge in [0.2, 0.25) is 5.89 Å². The highest BCUT2D eigenvalue weighted by molar-refractivity contribution is 9.10. The van der Waals surface area contributed by atoms with Crippen LogP contribution in [0.4, 0.5) is 5.69 Å². The number of nitrogens with one attached hydrogen (secondary N) is 1. The zero-order valence-corrected chi connectivity index (χ0v) is 11.5. The number of aromatic nitrogens is 2. The Kier molecular flexibility index (Phi) is 4.58. The van der Waals surface area contributed by atoms with Crippen molar-refractivity contribution in [2.24, 2.45) is 0 Å². The van der Waals surface area contributed by atoms with Gasteiger partial charge in [-0.2, -0.15) is 4.98 Å². The van der Waals surface area contributed by atoms with Gasteiger partial charge in [0, 0.05) is 25.6 Å². The fraction of sp³-hybridized carbons (Fsp3) is 0.273.